The lowest BCUT2D eigenvalue weighted by Gasteiger charge is -2.07. The van der Waals surface area contributed by atoms with Crippen molar-refractivity contribution in [3.63, 3.8) is 0 Å². The molecule has 0 aliphatic rings. The average Bonchev–Trinajstić information content (AvgIpc) is 2.48. The maximum absolute atomic E-state index is 11.7. The first-order valence-electron chi connectivity index (χ1n) is 6.35. The Morgan fingerprint density at radius 1 is 1.05 bits per heavy atom. The molecule has 0 atom stereocenters. The van der Waals surface area contributed by atoms with E-state index in [1.54, 1.807) is 48.8 Å². The van der Waals surface area contributed by atoms with Crippen LogP contribution in [-0.4, -0.2) is 16.8 Å². The summed E-state index contributed by atoms with van der Waals surface area (Å²) in [6.07, 6.45) is 3.04. The number of anilines is 1. The molecule has 1 aromatic carbocycles. The highest BCUT2D eigenvalue weighted by atomic mass is 35.5. The number of nitrogens with one attached hydrogen (secondary N) is 2. The van der Waals surface area contributed by atoms with E-state index in [1.165, 1.54) is 0 Å². The van der Waals surface area contributed by atoms with E-state index in [4.69, 9.17) is 11.6 Å². The maximum Gasteiger partial charge on any atom is 0.233 e. The lowest BCUT2D eigenvalue weighted by molar-refractivity contribution is -0.126. The van der Waals surface area contributed by atoms with Crippen molar-refractivity contribution in [1.29, 1.82) is 0 Å². The highest BCUT2D eigenvalue weighted by molar-refractivity contribution is 6.33. The Bertz CT molecular complexity index is 632. The number of rotatable bonds is 5. The Kier molecular flexibility index (Phi) is 5.29. The molecule has 0 spiro atoms. The quantitative estimate of drug-likeness (QED) is 0.833. The largest absolute Gasteiger partial charge is 0.352 e. The standard InChI is InChI=1S/C15H14ClN3O2/c16-12-3-1-2-4-13(12)19-15(21)9-14(20)18-10-11-5-7-17-8-6-11/h1-8H,9-10H2,(H,18,20)(H,19,21). The van der Waals surface area contributed by atoms with Crippen LogP contribution in [0, 0.1) is 0 Å². The minimum Gasteiger partial charge on any atom is -0.352 e. The van der Waals surface area contributed by atoms with Crippen LogP contribution in [0.25, 0.3) is 0 Å². The summed E-state index contributed by atoms with van der Waals surface area (Å²) < 4.78 is 0. The number of carbonyl (C=O) groups is 2. The topological polar surface area (TPSA) is 71.1 Å². The van der Waals surface area contributed by atoms with E-state index in [9.17, 15) is 9.59 Å². The summed E-state index contributed by atoms with van der Waals surface area (Å²) in [6, 6.07) is 10.5. The van der Waals surface area contributed by atoms with Gasteiger partial charge in [0.05, 0.1) is 10.7 Å². The summed E-state index contributed by atoms with van der Waals surface area (Å²) in [5.74, 6) is -0.758. The molecule has 0 aliphatic carbocycles. The van der Waals surface area contributed by atoms with Crippen LogP contribution >= 0.6 is 11.6 Å². The van der Waals surface area contributed by atoms with Gasteiger partial charge in [-0.1, -0.05) is 23.7 Å². The lowest BCUT2D eigenvalue weighted by Crippen LogP contribution is -2.27. The van der Waals surface area contributed by atoms with Crippen LogP contribution in [0.3, 0.4) is 0 Å². The zero-order valence-electron chi connectivity index (χ0n) is 11.2. The van der Waals surface area contributed by atoms with Crippen LogP contribution in [0.5, 0.6) is 0 Å². The van der Waals surface area contributed by atoms with Gasteiger partial charge in [-0.3, -0.25) is 14.6 Å². The normalized spacial score (nSPS) is 9.95. The zero-order chi connectivity index (χ0) is 15.1. The molecular formula is C15H14ClN3O2. The molecule has 0 saturated heterocycles. The third kappa shape index (κ3) is 4.89. The molecule has 1 heterocycles. The molecule has 21 heavy (non-hydrogen) atoms. The second kappa shape index (κ2) is 7.40. The van der Waals surface area contributed by atoms with E-state index in [-0.39, 0.29) is 12.3 Å². The third-order valence-electron chi connectivity index (χ3n) is 2.71. The smallest absolute Gasteiger partial charge is 0.233 e. The Balaban J connectivity index is 1.80. The van der Waals surface area contributed by atoms with Gasteiger partial charge in [-0.25, -0.2) is 0 Å². The summed E-state index contributed by atoms with van der Waals surface area (Å²) in [5.41, 5.74) is 1.41. The molecule has 1 aromatic heterocycles. The lowest BCUT2D eigenvalue weighted by atomic mass is 10.2. The van der Waals surface area contributed by atoms with E-state index in [0.717, 1.165) is 5.56 Å². The minimum atomic E-state index is -0.407. The second-order valence-corrected chi connectivity index (χ2v) is 4.74. The second-order valence-electron chi connectivity index (χ2n) is 4.34. The molecular weight excluding hydrogens is 290 g/mol. The first kappa shape index (κ1) is 15.0. The summed E-state index contributed by atoms with van der Waals surface area (Å²) in [7, 11) is 0. The fraction of sp³-hybridized carbons (Fsp3) is 0.133. The van der Waals surface area contributed by atoms with Gasteiger partial charge in [-0.15, -0.1) is 0 Å². The fourth-order valence-electron chi connectivity index (χ4n) is 1.67. The van der Waals surface area contributed by atoms with Gasteiger partial charge in [0.1, 0.15) is 6.42 Å². The number of hydrogen-bond donors (Lipinski definition) is 2. The number of halogens is 1. The van der Waals surface area contributed by atoms with Crippen LogP contribution in [0.1, 0.15) is 12.0 Å². The number of aromatic nitrogens is 1. The molecule has 2 aromatic rings. The van der Waals surface area contributed by atoms with E-state index >= 15 is 0 Å². The number of amides is 2. The van der Waals surface area contributed by atoms with Gasteiger partial charge < -0.3 is 10.6 Å². The van der Waals surface area contributed by atoms with Crippen molar-refractivity contribution >= 4 is 29.1 Å². The molecule has 0 fully saturated rings. The number of benzene rings is 1. The summed E-state index contributed by atoms with van der Waals surface area (Å²) in [4.78, 5) is 27.3. The maximum atomic E-state index is 11.7. The van der Waals surface area contributed by atoms with Crippen LogP contribution in [0.2, 0.25) is 5.02 Å². The van der Waals surface area contributed by atoms with E-state index < -0.39 is 5.91 Å². The predicted octanol–water partition coefficient (Wildman–Crippen LogP) is 2.38. The van der Waals surface area contributed by atoms with Gasteiger partial charge in [-0.2, -0.15) is 0 Å². The van der Waals surface area contributed by atoms with Crippen molar-refractivity contribution in [3.8, 4) is 0 Å². The Morgan fingerprint density at radius 2 is 1.76 bits per heavy atom. The van der Waals surface area contributed by atoms with Gasteiger partial charge in [0.25, 0.3) is 0 Å². The molecule has 0 saturated carbocycles. The SMILES string of the molecule is O=C(CC(=O)Nc1ccccc1Cl)NCc1ccncc1. The summed E-state index contributed by atoms with van der Waals surface area (Å²) in [6.45, 7) is 0.362. The third-order valence-corrected chi connectivity index (χ3v) is 3.04. The van der Waals surface area contributed by atoms with E-state index in [1.807, 2.05) is 0 Å². The molecule has 0 aliphatic heterocycles. The number of pyridine rings is 1. The summed E-state index contributed by atoms with van der Waals surface area (Å²) in [5, 5.41) is 5.70. The van der Waals surface area contributed by atoms with Crippen molar-refractivity contribution < 1.29 is 9.59 Å². The van der Waals surface area contributed by atoms with Crippen molar-refractivity contribution in [1.82, 2.24) is 10.3 Å². The highest BCUT2D eigenvalue weighted by Crippen LogP contribution is 2.20. The highest BCUT2D eigenvalue weighted by Gasteiger charge is 2.10. The van der Waals surface area contributed by atoms with Crippen LogP contribution in [-0.2, 0) is 16.1 Å². The predicted molar refractivity (Wildman–Crippen MR) is 80.8 cm³/mol. The van der Waals surface area contributed by atoms with Crippen molar-refractivity contribution in [2.45, 2.75) is 13.0 Å². The van der Waals surface area contributed by atoms with Gasteiger partial charge in [-0.05, 0) is 29.8 Å². The van der Waals surface area contributed by atoms with E-state index in [0.29, 0.717) is 17.3 Å². The van der Waals surface area contributed by atoms with Crippen LogP contribution in [0.15, 0.2) is 48.8 Å². The molecule has 6 heteroatoms. The molecule has 5 nitrogen and oxygen atoms in total. The van der Waals surface area contributed by atoms with Gasteiger partial charge in [0.2, 0.25) is 11.8 Å². The average molecular weight is 304 g/mol. The fourth-order valence-corrected chi connectivity index (χ4v) is 1.85. The Labute approximate surface area is 127 Å². The molecule has 2 rings (SSSR count). The monoisotopic (exact) mass is 303 g/mol. The first-order valence-corrected chi connectivity index (χ1v) is 6.73. The van der Waals surface area contributed by atoms with Gasteiger partial charge in [0.15, 0.2) is 0 Å². The van der Waals surface area contributed by atoms with Gasteiger partial charge >= 0.3 is 0 Å². The number of hydrogen-bond acceptors (Lipinski definition) is 3. The first-order chi connectivity index (χ1) is 10.1. The van der Waals surface area contributed by atoms with Crippen molar-refractivity contribution in [2.75, 3.05) is 5.32 Å². The molecule has 0 bridgehead atoms. The minimum absolute atomic E-state index is 0.254. The number of carbonyl (C=O) groups excluding carboxylic acids is 2. The Morgan fingerprint density at radius 3 is 2.48 bits per heavy atom. The molecule has 2 N–H and O–H groups in total. The molecule has 0 radical (unpaired) electrons. The molecule has 0 unspecified atom stereocenters. The summed E-state index contributed by atoms with van der Waals surface area (Å²) >= 11 is 5.92. The van der Waals surface area contributed by atoms with E-state index in [2.05, 4.69) is 15.6 Å². The number of nitrogens with zero attached hydrogens (tertiary/aromatic N) is 1. The number of para-hydroxylation sites is 1. The zero-order valence-corrected chi connectivity index (χ0v) is 11.9. The molecule has 2 amide bonds. The van der Waals surface area contributed by atoms with Crippen LogP contribution in [0.4, 0.5) is 5.69 Å². The van der Waals surface area contributed by atoms with Crippen molar-refractivity contribution in [2.24, 2.45) is 0 Å². The molecule has 108 valence electrons. The van der Waals surface area contributed by atoms with Crippen LogP contribution < -0.4 is 10.6 Å². The van der Waals surface area contributed by atoms with Crippen molar-refractivity contribution in [3.05, 3.63) is 59.4 Å². The van der Waals surface area contributed by atoms with Gasteiger partial charge in [0, 0.05) is 18.9 Å². The Hall–Kier alpha value is -2.40.